The van der Waals surface area contributed by atoms with Crippen LogP contribution < -0.4 is 11.1 Å². The highest BCUT2D eigenvalue weighted by molar-refractivity contribution is 5.50. The number of allylic oxidation sites excluding steroid dienone is 1. The Morgan fingerprint density at radius 3 is 2.38 bits per heavy atom. The van der Waals surface area contributed by atoms with Crippen LogP contribution in [0.25, 0.3) is 0 Å². The molecular formula is C21H27FN2. The molecule has 2 rings (SSSR count). The van der Waals surface area contributed by atoms with Gasteiger partial charge < -0.3 is 11.1 Å². The fourth-order valence-electron chi connectivity index (χ4n) is 2.82. The van der Waals surface area contributed by atoms with Crippen molar-refractivity contribution in [3.8, 4) is 0 Å². The topological polar surface area (TPSA) is 38.0 Å². The first-order valence-electron chi connectivity index (χ1n) is 8.65. The van der Waals surface area contributed by atoms with Gasteiger partial charge in [0.15, 0.2) is 0 Å². The zero-order valence-electron chi connectivity index (χ0n) is 14.5. The summed E-state index contributed by atoms with van der Waals surface area (Å²) in [5, 5.41) is 3.46. The molecule has 2 unspecified atom stereocenters. The summed E-state index contributed by atoms with van der Waals surface area (Å²) in [7, 11) is 0. The number of anilines is 1. The Kier molecular flexibility index (Phi) is 7.01. The van der Waals surface area contributed by atoms with Crippen LogP contribution in [0, 0.1) is 5.82 Å². The summed E-state index contributed by atoms with van der Waals surface area (Å²) < 4.78 is 13.2. The molecule has 0 saturated heterocycles. The van der Waals surface area contributed by atoms with Gasteiger partial charge in [0.25, 0.3) is 0 Å². The Morgan fingerprint density at radius 2 is 1.79 bits per heavy atom. The zero-order chi connectivity index (χ0) is 17.4. The number of hydrogen-bond acceptors (Lipinski definition) is 2. The molecule has 2 nitrogen and oxygen atoms in total. The van der Waals surface area contributed by atoms with E-state index in [1.807, 2.05) is 13.0 Å². The van der Waals surface area contributed by atoms with E-state index in [4.69, 9.17) is 5.73 Å². The van der Waals surface area contributed by atoms with Crippen LogP contribution in [-0.2, 0) is 0 Å². The van der Waals surface area contributed by atoms with Gasteiger partial charge in [-0.3, -0.25) is 0 Å². The molecule has 128 valence electrons. The van der Waals surface area contributed by atoms with E-state index >= 15 is 0 Å². The molecule has 0 aliphatic heterocycles. The van der Waals surface area contributed by atoms with Crippen LogP contribution >= 0.6 is 0 Å². The van der Waals surface area contributed by atoms with Crippen LogP contribution in [0.15, 0.2) is 66.4 Å². The summed E-state index contributed by atoms with van der Waals surface area (Å²) >= 11 is 0. The minimum absolute atomic E-state index is 0.0548. The average Bonchev–Trinajstić information content (AvgIpc) is 2.57. The Labute approximate surface area is 144 Å². The first kappa shape index (κ1) is 18.2. The predicted octanol–water partition coefficient (Wildman–Crippen LogP) is 5.44. The third kappa shape index (κ3) is 5.50. The van der Waals surface area contributed by atoms with Crippen molar-refractivity contribution in [1.29, 1.82) is 0 Å². The SMILES string of the molecule is CCCCC(/C(=C/C(C)N)Nc1ccc(F)cc1)c1ccccc1. The second-order valence-corrected chi connectivity index (χ2v) is 6.22. The highest BCUT2D eigenvalue weighted by Gasteiger charge is 2.17. The van der Waals surface area contributed by atoms with E-state index in [1.165, 1.54) is 17.7 Å². The maximum atomic E-state index is 13.2. The van der Waals surface area contributed by atoms with E-state index in [2.05, 4.69) is 42.6 Å². The molecule has 0 aliphatic carbocycles. The molecule has 0 aromatic heterocycles. The predicted molar refractivity (Wildman–Crippen MR) is 100 cm³/mol. The Balaban J connectivity index is 2.32. The molecule has 0 fully saturated rings. The fraction of sp³-hybridized carbons (Fsp3) is 0.333. The largest absolute Gasteiger partial charge is 0.359 e. The summed E-state index contributed by atoms with van der Waals surface area (Å²) in [6, 6.07) is 16.9. The molecule has 0 spiro atoms. The molecular weight excluding hydrogens is 299 g/mol. The molecule has 3 heteroatoms. The smallest absolute Gasteiger partial charge is 0.123 e. The number of unbranched alkanes of at least 4 members (excludes halogenated alkanes) is 1. The normalized spacial score (nSPS) is 14.2. The van der Waals surface area contributed by atoms with Crippen LogP contribution in [0.4, 0.5) is 10.1 Å². The highest BCUT2D eigenvalue weighted by atomic mass is 19.1. The van der Waals surface area contributed by atoms with E-state index in [0.29, 0.717) is 0 Å². The molecule has 2 aromatic carbocycles. The van der Waals surface area contributed by atoms with Crippen LogP contribution in [0.2, 0.25) is 0 Å². The lowest BCUT2D eigenvalue weighted by molar-refractivity contribution is 0.627. The molecule has 2 atom stereocenters. The monoisotopic (exact) mass is 326 g/mol. The first-order valence-corrected chi connectivity index (χ1v) is 8.65. The average molecular weight is 326 g/mol. The van der Waals surface area contributed by atoms with Gasteiger partial charge in [-0.1, -0.05) is 50.1 Å². The van der Waals surface area contributed by atoms with Crippen LogP contribution in [0.1, 0.15) is 44.6 Å². The standard InChI is InChI=1S/C21H27FN2/c1-3-4-10-20(17-8-6-5-7-9-17)21(15-16(2)23)24-19-13-11-18(22)12-14-19/h5-9,11-16,20,24H,3-4,10,23H2,1-2H3/b21-15-. The number of nitrogens with one attached hydrogen (secondary N) is 1. The van der Waals surface area contributed by atoms with Gasteiger partial charge in [-0.15, -0.1) is 0 Å². The number of hydrogen-bond donors (Lipinski definition) is 2. The van der Waals surface area contributed by atoms with Gasteiger partial charge in [0.05, 0.1) is 0 Å². The summed E-state index contributed by atoms with van der Waals surface area (Å²) in [5.74, 6) is 0.0195. The first-order chi connectivity index (χ1) is 11.6. The van der Waals surface area contributed by atoms with Crippen LogP contribution in [0.5, 0.6) is 0 Å². The lowest BCUT2D eigenvalue weighted by Crippen LogP contribution is -2.18. The van der Waals surface area contributed by atoms with E-state index in [-0.39, 0.29) is 17.8 Å². The van der Waals surface area contributed by atoms with Gasteiger partial charge in [-0.05, 0) is 49.2 Å². The van der Waals surface area contributed by atoms with Gasteiger partial charge in [-0.25, -0.2) is 4.39 Å². The highest BCUT2D eigenvalue weighted by Crippen LogP contribution is 2.31. The van der Waals surface area contributed by atoms with Crippen LogP contribution in [-0.4, -0.2) is 6.04 Å². The Hall–Kier alpha value is -2.13. The van der Waals surface area contributed by atoms with Crippen molar-refractivity contribution in [3.63, 3.8) is 0 Å². The lowest BCUT2D eigenvalue weighted by Gasteiger charge is -2.23. The maximum absolute atomic E-state index is 13.2. The van der Waals surface area contributed by atoms with Gasteiger partial charge in [-0.2, -0.15) is 0 Å². The van der Waals surface area contributed by atoms with Crippen molar-refractivity contribution in [3.05, 3.63) is 77.8 Å². The Morgan fingerprint density at radius 1 is 1.12 bits per heavy atom. The van der Waals surface area contributed by atoms with Gasteiger partial charge in [0.2, 0.25) is 0 Å². The minimum Gasteiger partial charge on any atom is -0.359 e. The molecule has 3 N–H and O–H groups in total. The second kappa shape index (κ2) is 9.24. The molecule has 2 aromatic rings. The number of benzene rings is 2. The summed E-state index contributed by atoms with van der Waals surface area (Å²) in [6.07, 6.45) is 5.40. The van der Waals surface area contributed by atoms with Gasteiger partial charge >= 0.3 is 0 Å². The van der Waals surface area contributed by atoms with Crippen molar-refractivity contribution in [1.82, 2.24) is 0 Å². The van der Waals surface area contributed by atoms with E-state index in [0.717, 1.165) is 30.6 Å². The minimum atomic E-state index is -0.233. The van der Waals surface area contributed by atoms with E-state index in [1.54, 1.807) is 12.1 Å². The van der Waals surface area contributed by atoms with Crippen molar-refractivity contribution in [2.45, 2.75) is 45.1 Å². The van der Waals surface area contributed by atoms with Gasteiger partial charge in [0.1, 0.15) is 5.82 Å². The van der Waals surface area contributed by atoms with Crippen molar-refractivity contribution in [2.24, 2.45) is 5.73 Å². The van der Waals surface area contributed by atoms with E-state index < -0.39 is 0 Å². The maximum Gasteiger partial charge on any atom is 0.123 e. The summed E-state index contributed by atoms with van der Waals surface area (Å²) in [4.78, 5) is 0. The number of halogens is 1. The van der Waals surface area contributed by atoms with Crippen molar-refractivity contribution >= 4 is 5.69 Å². The number of nitrogens with two attached hydrogens (primary N) is 1. The molecule has 0 saturated carbocycles. The lowest BCUT2D eigenvalue weighted by atomic mass is 9.89. The molecule has 0 heterocycles. The van der Waals surface area contributed by atoms with Gasteiger partial charge in [0, 0.05) is 23.3 Å². The molecule has 24 heavy (non-hydrogen) atoms. The van der Waals surface area contributed by atoms with Crippen molar-refractivity contribution < 1.29 is 4.39 Å². The zero-order valence-corrected chi connectivity index (χ0v) is 14.5. The summed E-state index contributed by atoms with van der Waals surface area (Å²) in [5.41, 5.74) is 9.27. The van der Waals surface area contributed by atoms with Crippen LogP contribution in [0.3, 0.4) is 0 Å². The molecule has 0 amide bonds. The fourth-order valence-corrected chi connectivity index (χ4v) is 2.82. The third-order valence-electron chi connectivity index (χ3n) is 4.00. The summed E-state index contributed by atoms with van der Waals surface area (Å²) in [6.45, 7) is 4.17. The molecule has 0 aliphatic rings. The Bertz CT molecular complexity index is 633. The quantitative estimate of drug-likeness (QED) is 0.677. The number of rotatable bonds is 8. The third-order valence-corrected chi connectivity index (χ3v) is 4.00. The molecule has 0 bridgehead atoms. The molecule has 0 radical (unpaired) electrons. The van der Waals surface area contributed by atoms with Crippen molar-refractivity contribution in [2.75, 3.05) is 5.32 Å². The second-order valence-electron chi connectivity index (χ2n) is 6.22. The van der Waals surface area contributed by atoms with E-state index in [9.17, 15) is 4.39 Å².